The number of likely N-dealkylation sites (N-methyl/N-ethyl adjacent to an activating group) is 1. The van der Waals surface area contributed by atoms with Crippen LogP contribution in [0.5, 0.6) is 5.75 Å². The highest BCUT2D eigenvalue weighted by atomic mass is 16.5. The molecular formula is C13H21N3O. The molecule has 0 spiro atoms. The number of anilines is 2. The lowest BCUT2D eigenvalue weighted by atomic mass is 10.2. The van der Waals surface area contributed by atoms with Gasteiger partial charge in [0, 0.05) is 25.7 Å². The number of hydrogen-bond donors (Lipinski definition) is 1. The molecule has 4 heteroatoms. The number of ether oxygens (including phenoxy) is 1. The summed E-state index contributed by atoms with van der Waals surface area (Å²) >= 11 is 0. The highest BCUT2D eigenvalue weighted by Gasteiger charge is 2.15. The van der Waals surface area contributed by atoms with E-state index in [0.29, 0.717) is 0 Å². The first-order chi connectivity index (χ1) is 8.20. The summed E-state index contributed by atoms with van der Waals surface area (Å²) in [5.74, 6) is 0.867. The summed E-state index contributed by atoms with van der Waals surface area (Å²) in [6.45, 7) is 4.31. The van der Waals surface area contributed by atoms with Gasteiger partial charge in [-0.3, -0.25) is 0 Å². The number of nitrogens with zero attached hydrogens (tertiary/aromatic N) is 2. The number of hydrogen-bond acceptors (Lipinski definition) is 4. The van der Waals surface area contributed by atoms with Crippen LogP contribution in [-0.2, 0) is 0 Å². The number of nitrogen functional groups attached to an aromatic ring is 1. The van der Waals surface area contributed by atoms with E-state index in [2.05, 4.69) is 16.8 Å². The zero-order valence-corrected chi connectivity index (χ0v) is 10.6. The summed E-state index contributed by atoms with van der Waals surface area (Å²) in [5.41, 5.74) is 7.98. The SMILES string of the molecule is COc1ccc(N)c(N2CCCN(C)CC2)c1. The van der Waals surface area contributed by atoms with Crippen LogP contribution < -0.4 is 15.4 Å². The van der Waals surface area contributed by atoms with Gasteiger partial charge in [0.15, 0.2) is 0 Å². The zero-order valence-electron chi connectivity index (χ0n) is 10.6. The van der Waals surface area contributed by atoms with Crippen molar-refractivity contribution in [2.75, 3.05) is 51.0 Å². The van der Waals surface area contributed by atoms with E-state index in [9.17, 15) is 0 Å². The molecule has 1 heterocycles. The van der Waals surface area contributed by atoms with Gasteiger partial charge in [-0.2, -0.15) is 0 Å². The van der Waals surface area contributed by atoms with Gasteiger partial charge in [0.1, 0.15) is 5.75 Å². The number of rotatable bonds is 2. The summed E-state index contributed by atoms with van der Waals surface area (Å²) in [6, 6.07) is 5.85. The Morgan fingerprint density at radius 1 is 1.18 bits per heavy atom. The fourth-order valence-electron chi connectivity index (χ4n) is 2.21. The molecule has 0 atom stereocenters. The molecule has 94 valence electrons. The summed E-state index contributed by atoms with van der Waals surface area (Å²) in [4.78, 5) is 4.71. The largest absolute Gasteiger partial charge is 0.497 e. The van der Waals surface area contributed by atoms with Crippen LogP contribution in [0.1, 0.15) is 6.42 Å². The second-order valence-electron chi connectivity index (χ2n) is 4.57. The van der Waals surface area contributed by atoms with E-state index in [0.717, 1.165) is 43.3 Å². The third-order valence-electron chi connectivity index (χ3n) is 3.30. The minimum absolute atomic E-state index is 0.829. The van der Waals surface area contributed by atoms with E-state index in [4.69, 9.17) is 10.5 Å². The molecule has 1 aromatic carbocycles. The molecule has 1 aliphatic rings. The van der Waals surface area contributed by atoms with Crippen LogP contribution in [0.2, 0.25) is 0 Å². The summed E-state index contributed by atoms with van der Waals surface area (Å²) < 4.78 is 5.26. The zero-order chi connectivity index (χ0) is 12.3. The molecule has 0 aromatic heterocycles. The van der Waals surface area contributed by atoms with Crippen LogP contribution in [-0.4, -0.2) is 45.2 Å². The standard InChI is InChI=1S/C13H21N3O/c1-15-6-3-7-16(9-8-15)13-10-11(17-2)4-5-12(13)14/h4-5,10H,3,6-9,14H2,1-2H3. The molecule has 1 fully saturated rings. The van der Waals surface area contributed by atoms with E-state index in [1.165, 1.54) is 6.42 Å². The minimum atomic E-state index is 0.829. The Labute approximate surface area is 103 Å². The Morgan fingerprint density at radius 3 is 2.76 bits per heavy atom. The van der Waals surface area contributed by atoms with Gasteiger partial charge in [-0.05, 0) is 32.1 Å². The topological polar surface area (TPSA) is 41.7 Å². The van der Waals surface area contributed by atoms with E-state index < -0.39 is 0 Å². The number of benzene rings is 1. The fourth-order valence-corrected chi connectivity index (χ4v) is 2.21. The Hall–Kier alpha value is -1.42. The highest BCUT2D eigenvalue weighted by Crippen LogP contribution is 2.28. The van der Waals surface area contributed by atoms with Crippen molar-refractivity contribution in [3.05, 3.63) is 18.2 Å². The van der Waals surface area contributed by atoms with Gasteiger partial charge in [0.2, 0.25) is 0 Å². The third-order valence-corrected chi connectivity index (χ3v) is 3.30. The van der Waals surface area contributed by atoms with Gasteiger partial charge in [0.05, 0.1) is 18.5 Å². The van der Waals surface area contributed by atoms with Gasteiger partial charge < -0.3 is 20.3 Å². The first kappa shape index (κ1) is 12.0. The highest BCUT2D eigenvalue weighted by molar-refractivity contribution is 5.69. The van der Waals surface area contributed by atoms with Gasteiger partial charge in [-0.15, -0.1) is 0 Å². The molecule has 0 saturated carbocycles. The molecule has 1 saturated heterocycles. The van der Waals surface area contributed by atoms with E-state index >= 15 is 0 Å². The van der Waals surface area contributed by atoms with Crippen LogP contribution in [0.25, 0.3) is 0 Å². The lowest BCUT2D eigenvalue weighted by molar-refractivity contribution is 0.360. The normalized spacial score (nSPS) is 17.9. The van der Waals surface area contributed by atoms with Crippen LogP contribution in [0.4, 0.5) is 11.4 Å². The van der Waals surface area contributed by atoms with Crippen LogP contribution in [0, 0.1) is 0 Å². The Balaban J connectivity index is 2.20. The molecule has 0 radical (unpaired) electrons. The average Bonchev–Trinajstić information content (AvgIpc) is 2.55. The maximum atomic E-state index is 6.05. The Morgan fingerprint density at radius 2 is 2.00 bits per heavy atom. The van der Waals surface area contributed by atoms with Gasteiger partial charge in [0.25, 0.3) is 0 Å². The molecular weight excluding hydrogens is 214 g/mol. The van der Waals surface area contributed by atoms with Crippen molar-refractivity contribution in [2.45, 2.75) is 6.42 Å². The molecule has 0 bridgehead atoms. The number of nitrogens with two attached hydrogens (primary N) is 1. The lowest BCUT2D eigenvalue weighted by Crippen LogP contribution is -2.29. The van der Waals surface area contributed by atoms with Crippen molar-refractivity contribution < 1.29 is 4.74 Å². The van der Waals surface area contributed by atoms with Crippen LogP contribution in [0.15, 0.2) is 18.2 Å². The second kappa shape index (κ2) is 5.27. The first-order valence-corrected chi connectivity index (χ1v) is 6.07. The van der Waals surface area contributed by atoms with Crippen molar-refractivity contribution in [1.82, 2.24) is 4.90 Å². The molecule has 0 amide bonds. The van der Waals surface area contributed by atoms with Gasteiger partial charge in [-0.25, -0.2) is 0 Å². The molecule has 2 rings (SSSR count). The monoisotopic (exact) mass is 235 g/mol. The molecule has 1 aliphatic heterocycles. The molecule has 1 aromatic rings. The molecule has 4 nitrogen and oxygen atoms in total. The van der Waals surface area contributed by atoms with Gasteiger partial charge >= 0.3 is 0 Å². The number of methoxy groups -OCH3 is 1. The predicted octanol–water partition coefficient (Wildman–Crippen LogP) is 1.42. The Kier molecular flexibility index (Phi) is 3.74. The smallest absolute Gasteiger partial charge is 0.121 e. The second-order valence-corrected chi connectivity index (χ2v) is 4.57. The first-order valence-electron chi connectivity index (χ1n) is 6.07. The van der Waals surface area contributed by atoms with Crippen molar-refractivity contribution in [2.24, 2.45) is 0 Å². The molecule has 0 aliphatic carbocycles. The summed E-state index contributed by atoms with van der Waals surface area (Å²) in [7, 11) is 3.85. The van der Waals surface area contributed by atoms with Crippen molar-refractivity contribution in [3.63, 3.8) is 0 Å². The third kappa shape index (κ3) is 2.82. The molecule has 17 heavy (non-hydrogen) atoms. The maximum absolute atomic E-state index is 6.05. The van der Waals surface area contributed by atoms with Crippen LogP contribution >= 0.6 is 0 Å². The summed E-state index contributed by atoms with van der Waals surface area (Å²) in [5, 5.41) is 0. The van der Waals surface area contributed by atoms with Crippen molar-refractivity contribution >= 4 is 11.4 Å². The quantitative estimate of drug-likeness (QED) is 0.787. The van der Waals surface area contributed by atoms with E-state index in [-0.39, 0.29) is 0 Å². The van der Waals surface area contributed by atoms with Crippen molar-refractivity contribution in [1.29, 1.82) is 0 Å². The summed E-state index contributed by atoms with van der Waals surface area (Å²) in [6.07, 6.45) is 1.17. The van der Waals surface area contributed by atoms with E-state index in [1.54, 1.807) is 7.11 Å². The van der Waals surface area contributed by atoms with Crippen LogP contribution in [0.3, 0.4) is 0 Å². The van der Waals surface area contributed by atoms with Gasteiger partial charge in [-0.1, -0.05) is 0 Å². The van der Waals surface area contributed by atoms with E-state index in [1.807, 2.05) is 18.2 Å². The lowest BCUT2D eigenvalue weighted by Gasteiger charge is -2.24. The maximum Gasteiger partial charge on any atom is 0.121 e. The Bertz CT molecular complexity index is 381. The van der Waals surface area contributed by atoms with Crippen molar-refractivity contribution in [3.8, 4) is 5.75 Å². The average molecular weight is 235 g/mol. The minimum Gasteiger partial charge on any atom is -0.497 e. The molecule has 2 N–H and O–H groups in total. The fraction of sp³-hybridized carbons (Fsp3) is 0.538. The molecule has 0 unspecified atom stereocenters. The predicted molar refractivity (Wildman–Crippen MR) is 71.7 cm³/mol.